The van der Waals surface area contributed by atoms with E-state index in [1.165, 1.54) is 18.4 Å². The van der Waals surface area contributed by atoms with Crippen LogP contribution in [0.1, 0.15) is 47.4 Å². The molecule has 0 N–H and O–H groups in total. The first-order valence-corrected chi connectivity index (χ1v) is 14.4. The second-order valence-corrected chi connectivity index (χ2v) is 11.7. The first-order valence-electron chi connectivity index (χ1n) is 13.2. The van der Waals surface area contributed by atoms with Gasteiger partial charge in [-0.3, -0.25) is 14.4 Å². The van der Waals surface area contributed by atoms with Crippen molar-refractivity contribution in [3.05, 3.63) is 116 Å². The average Bonchev–Trinajstić information content (AvgIpc) is 3.70. The number of nitrogens with zero attached hydrogens (tertiary/aromatic N) is 1. The molecule has 0 bridgehead atoms. The number of rotatable bonds is 5. The Morgan fingerprint density at radius 2 is 1.63 bits per heavy atom. The van der Waals surface area contributed by atoms with Crippen LogP contribution in [-0.4, -0.2) is 43.7 Å². The smallest absolute Gasteiger partial charge is 0.195 e. The molecule has 0 amide bonds. The van der Waals surface area contributed by atoms with Crippen molar-refractivity contribution in [1.82, 2.24) is 0 Å². The van der Waals surface area contributed by atoms with Gasteiger partial charge >= 0.3 is 0 Å². The van der Waals surface area contributed by atoms with Crippen molar-refractivity contribution in [2.24, 2.45) is 5.41 Å². The fraction of sp³-hybridized carbons (Fsp3) is 0.182. The molecular formula is C33H24ClNO5S. The maximum atomic E-state index is 14.7. The van der Waals surface area contributed by atoms with Gasteiger partial charge < -0.3 is 14.4 Å². The summed E-state index contributed by atoms with van der Waals surface area (Å²) in [6.45, 7) is 0. The molecule has 1 unspecified atom stereocenters. The Morgan fingerprint density at radius 1 is 0.902 bits per heavy atom. The van der Waals surface area contributed by atoms with E-state index in [0.29, 0.717) is 38.1 Å². The Labute approximate surface area is 245 Å². The zero-order chi connectivity index (χ0) is 28.5. The molecular weight excluding hydrogens is 558 g/mol. The van der Waals surface area contributed by atoms with Gasteiger partial charge in [0.25, 0.3) is 0 Å². The highest BCUT2D eigenvalue weighted by Crippen LogP contribution is 2.61. The second kappa shape index (κ2) is 9.43. The third-order valence-corrected chi connectivity index (χ3v) is 9.68. The van der Waals surface area contributed by atoms with Gasteiger partial charge in [0.2, 0.25) is 0 Å². The SMILES string of the molecule is COc1ccc([C@H]2[C@H](C(=O)c3cccs3)N3c4ccc(Cl)cc4C=CC3C23C(=O)c2ccccc2C3=O)cc1OC. The van der Waals surface area contributed by atoms with E-state index in [4.69, 9.17) is 21.1 Å². The van der Waals surface area contributed by atoms with E-state index in [-0.39, 0.29) is 17.3 Å². The van der Waals surface area contributed by atoms with Crippen LogP contribution in [0.25, 0.3) is 6.08 Å². The van der Waals surface area contributed by atoms with Crippen molar-refractivity contribution in [3.63, 3.8) is 0 Å². The molecule has 2 aliphatic heterocycles. The normalized spacial score (nSPS) is 21.5. The van der Waals surface area contributed by atoms with E-state index in [0.717, 1.165) is 11.3 Å². The Kier molecular flexibility index (Phi) is 5.92. The minimum Gasteiger partial charge on any atom is -0.493 e. The van der Waals surface area contributed by atoms with Gasteiger partial charge in [0.05, 0.1) is 25.1 Å². The number of halogens is 1. The summed E-state index contributed by atoms with van der Waals surface area (Å²) in [6.07, 6.45) is 3.78. The molecule has 8 heteroatoms. The fourth-order valence-electron chi connectivity index (χ4n) is 6.93. The van der Waals surface area contributed by atoms with E-state index in [1.807, 2.05) is 46.7 Å². The summed E-state index contributed by atoms with van der Waals surface area (Å²) >= 11 is 7.70. The van der Waals surface area contributed by atoms with Crippen molar-refractivity contribution < 1.29 is 23.9 Å². The van der Waals surface area contributed by atoms with Crippen molar-refractivity contribution in [2.75, 3.05) is 19.1 Å². The number of methoxy groups -OCH3 is 2. The van der Waals surface area contributed by atoms with E-state index >= 15 is 0 Å². The van der Waals surface area contributed by atoms with Crippen LogP contribution >= 0.6 is 22.9 Å². The summed E-state index contributed by atoms with van der Waals surface area (Å²) < 4.78 is 11.1. The lowest BCUT2D eigenvalue weighted by atomic mass is 9.64. The number of anilines is 1. The monoisotopic (exact) mass is 581 g/mol. The number of benzene rings is 3. The summed E-state index contributed by atoms with van der Waals surface area (Å²) in [5.74, 6) is -0.595. The first kappa shape index (κ1) is 25.7. The predicted molar refractivity (Wildman–Crippen MR) is 159 cm³/mol. The molecule has 3 heterocycles. The molecule has 1 saturated heterocycles. The maximum absolute atomic E-state index is 14.7. The van der Waals surface area contributed by atoms with Gasteiger partial charge in [-0.15, -0.1) is 11.3 Å². The lowest BCUT2D eigenvalue weighted by molar-refractivity contribution is 0.0666. The number of Topliss-reactive ketones (excluding diaryl/α,β-unsaturated/α-hetero) is 3. The van der Waals surface area contributed by atoms with Gasteiger partial charge in [0.15, 0.2) is 28.8 Å². The molecule has 3 aromatic carbocycles. The number of ketones is 3. The largest absolute Gasteiger partial charge is 0.493 e. The van der Waals surface area contributed by atoms with Crippen LogP contribution in [0.4, 0.5) is 5.69 Å². The van der Waals surface area contributed by atoms with Crippen LogP contribution in [0, 0.1) is 5.41 Å². The van der Waals surface area contributed by atoms with Gasteiger partial charge in [0.1, 0.15) is 11.5 Å². The number of carbonyl (C=O) groups excluding carboxylic acids is 3. The van der Waals surface area contributed by atoms with Crippen LogP contribution in [0.3, 0.4) is 0 Å². The molecule has 6 nitrogen and oxygen atoms in total. The Balaban J connectivity index is 1.56. The molecule has 1 fully saturated rings. The highest BCUT2D eigenvalue weighted by Gasteiger charge is 2.71. The summed E-state index contributed by atoms with van der Waals surface area (Å²) in [4.78, 5) is 46.5. The highest BCUT2D eigenvalue weighted by molar-refractivity contribution is 7.12. The molecule has 41 heavy (non-hydrogen) atoms. The van der Waals surface area contributed by atoms with Crippen LogP contribution < -0.4 is 14.4 Å². The third-order valence-electron chi connectivity index (χ3n) is 8.57. The molecule has 1 spiro atoms. The molecule has 1 aliphatic carbocycles. The summed E-state index contributed by atoms with van der Waals surface area (Å²) in [5, 5.41) is 2.41. The Morgan fingerprint density at radius 3 is 2.29 bits per heavy atom. The van der Waals surface area contributed by atoms with Gasteiger partial charge in [-0.1, -0.05) is 60.2 Å². The van der Waals surface area contributed by atoms with E-state index in [9.17, 15) is 14.4 Å². The maximum Gasteiger partial charge on any atom is 0.195 e. The lowest BCUT2D eigenvalue weighted by Crippen LogP contribution is -2.48. The molecule has 204 valence electrons. The first-order chi connectivity index (χ1) is 19.9. The van der Waals surface area contributed by atoms with Gasteiger partial charge in [0, 0.05) is 27.8 Å². The molecule has 3 atom stereocenters. The molecule has 0 radical (unpaired) electrons. The van der Waals surface area contributed by atoms with E-state index < -0.39 is 23.4 Å². The van der Waals surface area contributed by atoms with Crippen molar-refractivity contribution >= 4 is 52.1 Å². The van der Waals surface area contributed by atoms with E-state index in [1.54, 1.807) is 55.6 Å². The zero-order valence-corrected chi connectivity index (χ0v) is 23.7. The van der Waals surface area contributed by atoms with Crippen LogP contribution in [-0.2, 0) is 0 Å². The number of hydrogen-bond donors (Lipinski definition) is 0. The summed E-state index contributed by atoms with van der Waals surface area (Å²) in [6, 6.07) is 19.8. The summed E-state index contributed by atoms with van der Waals surface area (Å²) in [5.41, 5.74) is 1.37. The van der Waals surface area contributed by atoms with Crippen molar-refractivity contribution in [1.29, 1.82) is 0 Å². The fourth-order valence-corrected chi connectivity index (χ4v) is 7.81. The zero-order valence-electron chi connectivity index (χ0n) is 22.2. The minimum absolute atomic E-state index is 0.158. The van der Waals surface area contributed by atoms with E-state index in [2.05, 4.69) is 0 Å². The number of fused-ring (bicyclic) bond motifs is 5. The van der Waals surface area contributed by atoms with Gasteiger partial charge in [-0.25, -0.2) is 0 Å². The van der Waals surface area contributed by atoms with Crippen molar-refractivity contribution in [3.8, 4) is 11.5 Å². The Hall–Kier alpha value is -4.20. The van der Waals surface area contributed by atoms with Crippen LogP contribution in [0.15, 0.2) is 84.3 Å². The topological polar surface area (TPSA) is 72.9 Å². The number of thiophene rings is 1. The predicted octanol–water partition coefficient (Wildman–Crippen LogP) is 6.74. The van der Waals surface area contributed by atoms with Gasteiger partial charge in [-0.05, 0) is 52.9 Å². The molecule has 0 saturated carbocycles. The van der Waals surface area contributed by atoms with Crippen molar-refractivity contribution in [2.45, 2.75) is 18.0 Å². The quantitative estimate of drug-likeness (QED) is 0.192. The van der Waals surface area contributed by atoms with Crippen LogP contribution in [0.5, 0.6) is 11.5 Å². The third kappa shape index (κ3) is 3.46. The lowest BCUT2D eigenvalue weighted by Gasteiger charge is -2.37. The highest BCUT2D eigenvalue weighted by atomic mass is 35.5. The van der Waals surface area contributed by atoms with Crippen LogP contribution in [0.2, 0.25) is 5.02 Å². The summed E-state index contributed by atoms with van der Waals surface area (Å²) in [7, 11) is 3.08. The average molecular weight is 582 g/mol. The molecule has 1 aromatic heterocycles. The Bertz CT molecular complexity index is 1740. The molecule has 7 rings (SSSR count). The minimum atomic E-state index is -1.59. The number of ether oxygens (including phenoxy) is 2. The van der Waals surface area contributed by atoms with Gasteiger partial charge in [-0.2, -0.15) is 0 Å². The number of carbonyl (C=O) groups is 3. The second-order valence-electron chi connectivity index (χ2n) is 10.4. The molecule has 3 aliphatic rings. The molecule has 4 aromatic rings. The standard InChI is InChI=1S/C33H24ClNO5S/c1-39-24-13-9-19(17-25(24)40-2)28-29(30(36)26-8-5-15-41-26)35-23-12-11-20(34)16-18(23)10-14-27(35)33(28)31(37)21-6-3-4-7-22(21)32(33)38/h3-17,27-29H,1-2H3/t27?,28-,29+/m0/s1. The number of hydrogen-bond acceptors (Lipinski definition) is 7.